The third kappa shape index (κ3) is 3.88. The summed E-state index contributed by atoms with van der Waals surface area (Å²) < 4.78 is 40.0. The van der Waals surface area contributed by atoms with E-state index in [1.54, 1.807) is 18.2 Å². The van der Waals surface area contributed by atoms with Crippen molar-refractivity contribution in [2.75, 3.05) is 11.9 Å². The van der Waals surface area contributed by atoms with E-state index < -0.39 is 27.8 Å². The lowest BCUT2D eigenvalue weighted by atomic mass is 10.0. The fourth-order valence-corrected chi connectivity index (χ4v) is 4.62. The summed E-state index contributed by atoms with van der Waals surface area (Å²) >= 11 is 0. The molecule has 25 heavy (non-hydrogen) atoms. The molecule has 2 aromatic carbocycles. The number of sulfonamides is 1. The molecule has 2 aromatic rings. The summed E-state index contributed by atoms with van der Waals surface area (Å²) in [6.07, 6.45) is 1.95. The van der Waals surface area contributed by atoms with Crippen LogP contribution in [0.15, 0.2) is 59.5 Å². The van der Waals surface area contributed by atoms with Crippen LogP contribution in [0.3, 0.4) is 0 Å². The number of benzene rings is 2. The SMILES string of the molecule is O=C(Nc1ccc(F)cc1)C1CCCCN1S(=O)(=O)c1ccccc1. The second-order valence-electron chi connectivity index (χ2n) is 5.94. The number of halogens is 1. The zero-order valence-electron chi connectivity index (χ0n) is 13.6. The maximum absolute atomic E-state index is 13.0. The highest BCUT2D eigenvalue weighted by Gasteiger charge is 2.37. The summed E-state index contributed by atoms with van der Waals surface area (Å²) in [7, 11) is -3.74. The summed E-state index contributed by atoms with van der Waals surface area (Å²) in [6, 6.07) is 12.7. The van der Waals surface area contributed by atoms with Crippen molar-refractivity contribution < 1.29 is 17.6 Å². The molecule has 1 amide bonds. The number of nitrogens with one attached hydrogen (secondary N) is 1. The van der Waals surface area contributed by atoms with Crippen molar-refractivity contribution in [3.63, 3.8) is 0 Å². The minimum absolute atomic E-state index is 0.177. The predicted octanol–water partition coefficient (Wildman–Crippen LogP) is 3.01. The van der Waals surface area contributed by atoms with Gasteiger partial charge in [0.15, 0.2) is 0 Å². The molecule has 1 fully saturated rings. The molecule has 7 heteroatoms. The lowest BCUT2D eigenvalue weighted by molar-refractivity contribution is -0.120. The Bertz CT molecular complexity index is 838. The number of piperidine rings is 1. The molecule has 1 unspecified atom stereocenters. The van der Waals surface area contributed by atoms with Crippen molar-refractivity contribution in [3.05, 3.63) is 60.4 Å². The van der Waals surface area contributed by atoms with Gasteiger partial charge in [-0.2, -0.15) is 4.31 Å². The maximum Gasteiger partial charge on any atom is 0.243 e. The lowest BCUT2D eigenvalue weighted by Crippen LogP contribution is -2.49. The van der Waals surface area contributed by atoms with Crippen LogP contribution in [0.4, 0.5) is 10.1 Å². The number of carbonyl (C=O) groups is 1. The van der Waals surface area contributed by atoms with E-state index in [2.05, 4.69) is 5.32 Å². The predicted molar refractivity (Wildman–Crippen MR) is 93.0 cm³/mol. The van der Waals surface area contributed by atoms with Crippen molar-refractivity contribution in [1.29, 1.82) is 0 Å². The number of amides is 1. The number of nitrogens with zero attached hydrogens (tertiary/aromatic N) is 1. The Labute approximate surface area is 146 Å². The average Bonchev–Trinajstić information content (AvgIpc) is 2.64. The fraction of sp³-hybridized carbons (Fsp3) is 0.278. The van der Waals surface area contributed by atoms with Crippen molar-refractivity contribution in [1.82, 2.24) is 4.31 Å². The first kappa shape index (κ1) is 17.6. The Hall–Kier alpha value is -2.25. The molecule has 3 rings (SSSR count). The van der Waals surface area contributed by atoms with Crippen LogP contribution in [0.2, 0.25) is 0 Å². The first-order chi connectivity index (χ1) is 12.0. The van der Waals surface area contributed by atoms with Crippen LogP contribution in [-0.4, -0.2) is 31.2 Å². The van der Waals surface area contributed by atoms with Crippen LogP contribution in [0.1, 0.15) is 19.3 Å². The summed E-state index contributed by atoms with van der Waals surface area (Å²) in [4.78, 5) is 12.8. The van der Waals surface area contributed by atoms with E-state index in [-0.39, 0.29) is 4.90 Å². The molecule has 0 bridgehead atoms. The molecule has 1 atom stereocenters. The van der Waals surface area contributed by atoms with Crippen LogP contribution in [0, 0.1) is 5.82 Å². The molecule has 1 heterocycles. The Balaban J connectivity index is 1.83. The highest BCUT2D eigenvalue weighted by Crippen LogP contribution is 2.26. The molecule has 0 radical (unpaired) electrons. The monoisotopic (exact) mass is 362 g/mol. The van der Waals surface area contributed by atoms with Gasteiger partial charge >= 0.3 is 0 Å². The summed E-state index contributed by atoms with van der Waals surface area (Å²) in [5.41, 5.74) is 0.439. The first-order valence-corrected chi connectivity index (χ1v) is 9.56. The third-order valence-corrected chi connectivity index (χ3v) is 6.14. The zero-order valence-corrected chi connectivity index (χ0v) is 14.4. The largest absolute Gasteiger partial charge is 0.325 e. The normalized spacial score (nSPS) is 18.7. The molecule has 0 aliphatic carbocycles. The van der Waals surface area contributed by atoms with Gasteiger partial charge in [0.1, 0.15) is 11.9 Å². The molecular weight excluding hydrogens is 343 g/mol. The molecule has 5 nitrogen and oxygen atoms in total. The van der Waals surface area contributed by atoms with Crippen molar-refractivity contribution >= 4 is 21.6 Å². The quantitative estimate of drug-likeness (QED) is 0.909. The van der Waals surface area contributed by atoms with Gasteiger partial charge in [-0.25, -0.2) is 12.8 Å². The van der Waals surface area contributed by atoms with E-state index in [1.807, 2.05) is 0 Å². The molecule has 132 valence electrons. The van der Waals surface area contributed by atoms with Crippen LogP contribution in [-0.2, 0) is 14.8 Å². The summed E-state index contributed by atoms with van der Waals surface area (Å²) in [5, 5.41) is 2.68. The van der Waals surface area contributed by atoms with E-state index in [0.717, 1.165) is 6.42 Å². The minimum atomic E-state index is -3.74. The van der Waals surface area contributed by atoms with Gasteiger partial charge in [-0.1, -0.05) is 24.6 Å². The number of anilines is 1. The Kier molecular flexibility index (Phi) is 5.15. The highest BCUT2D eigenvalue weighted by atomic mass is 32.2. The molecule has 1 saturated heterocycles. The van der Waals surface area contributed by atoms with Gasteiger partial charge < -0.3 is 5.32 Å². The molecule has 1 aliphatic heterocycles. The van der Waals surface area contributed by atoms with E-state index in [4.69, 9.17) is 0 Å². The Morgan fingerprint density at radius 1 is 1.04 bits per heavy atom. The number of carbonyl (C=O) groups excluding carboxylic acids is 1. The number of rotatable bonds is 4. The maximum atomic E-state index is 13.0. The van der Waals surface area contributed by atoms with Gasteiger partial charge in [0.25, 0.3) is 0 Å². The van der Waals surface area contributed by atoms with Gasteiger partial charge in [-0.3, -0.25) is 4.79 Å². The first-order valence-electron chi connectivity index (χ1n) is 8.12. The highest BCUT2D eigenvalue weighted by molar-refractivity contribution is 7.89. The van der Waals surface area contributed by atoms with Gasteiger partial charge in [-0.15, -0.1) is 0 Å². The van der Waals surface area contributed by atoms with Crippen LogP contribution < -0.4 is 5.32 Å². The lowest BCUT2D eigenvalue weighted by Gasteiger charge is -2.33. The Morgan fingerprint density at radius 2 is 1.72 bits per heavy atom. The van der Waals surface area contributed by atoms with Crippen LogP contribution in [0.25, 0.3) is 0 Å². The summed E-state index contributed by atoms with van der Waals surface area (Å²) in [6.45, 7) is 0.304. The van der Waals surface area contributed by atoms with Crippen molar-refractivity contribution in [2.45, 2.75) is 30.2 Å². The van der Waals surface area contributed by atoms with E-state index in [0.29, 0.717) is 25.1 Å². The minimum Gasteiger partial charge on any atom is -0.325 e. The second-order valence-corrected chi connectivity index (χ2v) is 7.83. The number of hydrogen-bond acceptors (Lipinski definition) is 3. The molecule has 1 aliphatic rings. The molecule has 1 N–H and O–H groups in total. The second kappa shape index (κ2) is 7.33. The number of hydrogen-bond donors (Lipinski definition) is 1. The topological polar surface area (TPSA) is 66.5 Å². The smallest absolute Gasteiger partial charge is 0.243 e. The molecule has 0 spiro atoms. The standard InChI is InChI=1S/C18H19FN2O3S/c19-14-9-11-15(12-10-14)20-18(22)17-8-4-5-13-21(17)25(23,24)16-6-2-1-3-7-16/h1-3,6-7,9-12,17H,4-5,8,13H2,(H,20,22). The zero-order chi connectivity index (χ0) is 17.9. The van der Waals surface area contributed by atoms with Crippen molar-refractivity contribution in [3.8, 4) is 0 Å². The van der Waals surface area contributed by atoms with Gasteiger partial charge in [0, 0.05) is 12.2 Å². The van der Waals surface area contributed by atoms with Gasteiger partial charge in [0.2, 0.25) is 15.9 Å². The van der Waals surface area contributed by atoms with Gasteiger partial charge in [0.05, 0.1) is 4.90 Å². The average molecular weight is 362 g/mol. The molecular formula is C18H19FN2O3S. The Morgan fingerprint density at radius 3 is 2.40 bits per heavy atom. The summed E-state index contributed by atoms with van der Waals surface area (Å²) in [5.74, 6) is -0.797. The van der Waals surface area contributed by atoms with Crippen LogP contribution in [0.5, 0.6) is 0 Å². The third-order valence-electron chi connectivity index (χ3n) is 4.22. The van der Waals surface area contributed by atoms with Crippen LogP contribution >= 0.6 is 0 Å². The fourth-order valence-electron chi connectivity index (χ4n) is 2.94. The van der Waals surface area contributed by atoms with E-state index in [1.165, 1.54) is 40.7 Å². The van der Waals surface area contributed by atoms with Gasteiger partial charge in [-0.05, 0) is 49.2 Å². The van der Waals surface area contributed by atoms with Crippen molar-refractivity contribution in [2.24, 2.45) is 0 Å². The molecule has 0 saturated carbocycles. The van der Waals surface area contributed by atoms with E-state index in [9.17, 15) is 17.6 Å². The molecule has 0 aromatic heterocycles. The van der Waals surface area contributed by atoms with E-state index >= 15 is 0 Å².